The highest BCUT2D eigenvalue weighted by Crippen LogP contribution is 1.92. The van der Waals surface area contributed by atoms with E-state index < -0.39 is 17.2 Å². The van der Waals surface area contributed by atoms with E-state index in [1.165, 1.54) is 11.8 Å². The van der Waals surface area contributed by atoms with E-state index in [1.807, 2.05) is 4.98 Å². The van der Waals surface area contributed by atoms with Gasteiger partial charge in [-0.2, -0.15) is 0 Å². The Labute approximate surface area is 79.0 Å². The van der Waals surface area contributed by atoms with E-state index in [2.05, 4.69) is 5.10 Å². The lowest BCUT2D eigenvalue weighted by Gasteiger charge is -2.09. The molecule has 76 valence electrons. The van der Waals surface area contributed by atoms with Gasteiger partial charge in [-0.25, -0.2) is 4.79 Å². The Kier molecular flexibility index (Phi) is 2.50. The van der Waals surface area contributed by atoms with Crippen molar-refractivity contribution < 1.29 is 4.79 Å². The minimum Gasteiger partial charge on any atom is -0.357 e. The van der Waals surface area contributed by atoms with Gasteiger partial charge in [-0.3, -0.25) is 14.6 Å². The lowest BCUT2D eigenvalue weighted by molar-refractivity contribution is 0.0913. The van der Waals surface area contributed by atoms with Crippen molar-refractivity contribution >= 4 is 11.7 Å². The summed E-state index contributed by atoms with van der Waals surface area (Å²) in [5.41, 5.74) is -1.44. The molecule has 0 radical (unpaired) electrons. The van der Waals surface area contributed by atoms with Crippen molar-refractivity contribution in [2.24, 2.45) is 0 Å². The fourth-order valence-corrected chi connectivity index (χ4v) is 0.897. The monoisotopic (exact) mass is 198 g/mol. The van der Waals surface area contributed by atoms with Gasteiger partial charge in [0.15, 0.2) is 0 Å². The predicted molar refractivity (Wildman–Crippen MR) is 49.7 cm³/mol. The molecule has 0 aromatic carbocycles. The van der Waals surface area contributed by atoms with Crippen LogP contribution in [0, 0.1) is 0 Å². The molecule has 0 saturated carbocycles. The van der Waals surface area contributed by atoms with Gasteiger partial charge in [0.2, 0.25) is 11.7 Å². The Bertz CT molecular complexity index is 471. The van der Waals surface area contributed by atoms with E-state index in [9.17, 15) is 14.4 Å². The Morgan fingerprint density at radius 1 is 1.43 bits per heavy atom. The summed E-state index contributed by atoms with van der Waals surface area (Å²) < 4.78 is 0.608. The van der Waals surface area contributed by atoms with Crippen LogP contribution in [0.25, 0.3) is 0 Å². The second-order valence-electron chi connectivity index (χ2n) is 2.91. The molecule has 0 aliphatic carbocycles. The normalized spacial score (nSPS) is 9.93. The van der Waals surface area contributed by atoms with Crippen LogP contribution in [-0.2, 0) is 0 Å². The molecule has 0 bridgehead atoms. The number of H-pyrrole nitrogens is 1. The van der Waals surface area contributed by atoms with Crippen LogP contribution in [0.2, 0.25) is 0 Å². The summed E-state index contributed by atoms with van der Waals surface area (Å²) >= 11 is 0. The van der Waals surface area contributed by atoms with Crippen LogP contribution in [0.3, 0.4) is 0 Å². The molecule has 1 rings (SSSR count). The Morgan fingerprint density at radius 3 is 2.43 bits per heavy atom. The van der Waals surface area contributed by atoms with Gasteiger partial charge in [-0.15, -0.1) is 9.78 Å². The third kappa shape index (κ3) is 1.70. The lowest BCUT2D eigenvalue weighted by Crippen LogP contribution is -2.38. The van der Waals surface area contributed by atoms with Crippen LogP contribution in [0.5, 0.6) is 0 Å². The summed E-state index contributed by atoms with van der Waals surface area (Å²) in [6, 6.07) is 0. The second-order valence-corrected chi connectivity index (χ2v) is 2.91. The number of carbonyl (C=O) groups excluding carboxylic acids is 1. The Hall–Kier alpha value is -1.92. The molecular formula is C7H10N4O3. The number of hydrogen-bond acceptors (Lipinski definition) is 5. The summed E-state index contributed by atoms with van der Waals surface area (Å²) in [6.45, 7) is 1.19. The molecule has 7 nitrogen and oxygen atoms in total. The summed E-state index contributed by atoms with van der Waals surface area (Å²) in [5, 5.41) is 3.61. The van der Waals surface area contributed by atoms with E-state index in [-0.39, 0.29) is 5.82 Å². The van der Waals surface area contributed by atoms with Crippen LogP contribution < -0.4 is 16.1 Å². The zero-order chi connectivity index (χ0) is 10.9. The van der Waals surface area contributed by atoms with Crippen LogP contribution >= 0.6 is 0 Å². The molecule has 0 atom stereocenters. The average Bonchev–Trinajstić information content (AvgIpc) is 2.02. The van der Waals surface area contributed by atoms with Crippen LogP contribution in [-0.4, -0.2) is 34.8 Å². The predicted octanol–water partition coefficient (Wildman–Crippen LogP) is -1.34. The first kappa shape index (κ1) is 10.2. The zero-order valence-electron chi connectivity index (χ0n) is 8.07. The number of carbonyl (C=O) groups is 1. The molecule has 0 spiro atoms. The summed E-state index contributed by atoms with van der Waals surface area (Å²) in [6.07, 6.45) is 0. The number of nitrogens with zero attached hydrogens (tertiary/aromatic N) is 3. The van der Waals surface area contributed by atoms with Crippen LogP contribution in [0.1, 0.15) is 11.7 Å². The first-order valence-electron chi connectivity index (χ1n) is 3.85. The summed E-state index contributed by atoms with van der Waals surface area (Å²) in [7, 11) is 3.18. The summed E-state index contributed by atoms with van der Waals surface area (Å²) in [4.78, 5) is 36.6. The molecule has 0 fully saturated rings. The molecule has 0 saturated heterocycles. The SMILES string of the molecule is CC(=O)n1nc(N(C)C)c(=O)[nH]c1=O. The maximum absolute atomic E-state index is 11.2. The largest absolute Gasteiger partial charge is 0.357 e. The third-order valence-corrected chi connectivity index (χ3v) is 1.53. The molecule has 14 heavy (non-hydrogen) atoms. The van der Waals surface area contributed by atoms with Crippen LogP contribution in [0.15, 0.2) is 9.59 Å². The van der Waals surface area contributed by atoms with Crippen molar-refractivity contribution in [2.75, 3.05) is 19.0 Å². The standard InChI is InChI=1S/C7H10N4O3/c1-4(12)11-7(14)8-6(13)5(9-11)10(2)3/h1-3H3,(H,8,13,14). The van der Waals surface area contributed by atoms with Crippen molar-refractivity contribution in [3.8, 4) is 0 Å². The van der Waals surface area contributed by atoms with Crippen molar-refractivity contribution in [1.29, 1.82) is 0 Å². The molecule has 1 aromatic rings. The molecule has 1 aromatic heterocycles. The van der Waals surface area contributed by atoms with E-state index in [0.717, 1.165) is 0 Å². The van der Waals surface area contributed by atoms with Crippen molar-refractivity contribution in [1.82, 2.24) is 14.8 Å². The maximum atomic E-state index is 11.2. The zero-order valence-corrected chi connectivity index (χ0v) is 8.07. The lowest BCUT2D eigenvalue weighted by atomic mass is 10.6. The maximum Gasteiger partial charge on any atom is 0.352 e. The number of aromatic nitrogens is 3. The highest BCUT2D eigenvalue weighted by atomic mass is 16.2. The van der Waals surface area contributed by atoms with Crippen LogP contribution in [0.4, 0.5) is 5.82 Å². The first-order chi connectivity index (χ1) is 6.43. The van der Waals surface area contributed by atoms with Gasteiger partial charge < -0.3 is 4.90 Å². The average molecular weight is 198 g/mol. The number of nitrogens with one attached hydrogen (secondary N) is 1. The number of aromatic amines is 1. The summed E-state index contributed by atoms with van der Waals surface area (Å²) in [5.74, 6) is -0.533. The molecule has 1 heterocycles. The minimum atomic E-state index is -0.826. The molecule has 0 aliphatic heterocycles. The van der Waals surface area contributed by atoms with Gasteiger partial charge >= 0.3 is 5.69 Å². The topological polar surface area (TPSA) is 88.1 Å². The van der Waals surface area contributed by atoms with Gasteiger partial charge in [0.25, 0.3) is 5.56 Å². The number of anilines is 1. The Balaban J connectivity index is 3.51. The number of rotatable bonds is 1. The molecular weight excluding hydrogens is 188 g/mol. The molecule has 7 heteroatoms. The number of hydrogen-bond donors (Lipinski definition) is 1. The van der Waals surface area contributed by atoms with Crippen molar-refractivity contribution in [3.05, 3.63) is 20.8 Å². The van der Waals surface area contributed by atoms with E-state index in [4.69, 9.17) is 0 Å². The van der Waals surface area contributed by atoms with Crippen molar-refractivity contribution in [2.45, 2.75) is 6.92 Å². The van der Waals surface area contributed by atoms with E-state index >= 15 is 0 Å². The molecule has 1 N–H and O–H groups in total. The van der Waals surface area contributed by atoms with Crippen molar-refractivity contribution in [3.63, 3.8) is 0 Å². The highest BCUT2D eigenvalue weighted by Gasteiger charge is 2.10. The van der Waals surface area contributed by atoms with Gasteiger partial charge in [-0.05, 0) is 0 Å². The third-order valence-electron chi connectivity index (χ3n) is 1.53. The first-order valence-corrected chi connectivity index (χ1v) is 3.85. The molecule has 0 amide bonds. The Morgan fingerprint density at radius 2 is 2.00 bits per heavy atom. The van der Waals surface area contributed by atoms with Gasteiger partial charge in [0.1, 0.15) is 0 Å². The smallest absolute Gasteiger partial charge is 0.352 e. The van der Waals surface area contributed by atoms with Gasteiger partial charge in [0, 0.05) is 21.0 Å². The van der Waals surface area contributed by atoms with Gasteiger partial charge in [-0.1, -0.05) is 0 Å². The molecule has 0 aliphatic rings. The second kappa shape index (κ2) is 3.44. The highest BCUT2D eigenvalue weighted by molar-refractivity contribution is 5.74. The van der Waals surface area contributed by atoms with E-state index in [1.54, 1.807) is 14.1 Å². The van der Waals surface area contributed by atoms with E-state index in [0.29, 0.717) is 4.68 Å². The molecule has 0 unspecified atom stereocenters. The fraction of sp³-hybridized carbons (Fsp3) is 0.429. The fourth-order valence-electron chi connectivity index (χ4n) is 0.897. The minimum absolute atomic E-state index is 0.0137. The van der Waals surface area contributed by atoms with Gasteiger partial charge in [0.05, 0.1) is 0 Å². The quantitative estimate of drug-likeness (QED) is 0.603.